The predicted octanol–water partition coefficient (Wildman–Crippen LogP) is 4.05. The molecule has 2 nitrogen and oxygen atoms in total. The minimum atomic E-state index is -0.311. The lowest BCUT2D eigenvalue weighted by atomic mass is 9.66. The van der Waals surface area contributed by atoms with Gasteiger partial charge in [0.15, 0.2) is 0 Å². The maximum absolute atomic E-state index is 12.3. The monoisotopic (exact) mass is 260 g/mol. The third-order valence-corrected chi connectivity index (χ3v) is 4.57. The molecule has 104 valence electrons. The average molecular weight is 260 g/mol. The summed E-state index contributed by atoms with van der Waals surface area (Å²) < 4.78 is 5.52. The second kappa shape index (κ2) is 5.77. The number of Topliss-reactive ketones (excluding diaryl/α,β-unsaturated/α-hetero) is 1. The summed E-state index contributed by atoms with van der Waals surface area (Å²) in [5.41, 5.74) is 2.08. The Morgan fingerprint density at radius 1 is 1.26 bits per heavy atom. The van der Waals surface area contributed by atoms with E-state index >= 15 is 0 Å². The van der Waals surface area contributed by atoms with Gasteiger partial charge in [0.05, 0.1) is 12.5 Å². The molecule has 1 aliphatic rings. The molecule has 0 bridgehead atoms. The zero-order valence-corrected chi connectivity index (χ0v) is 12.3. The van der Waals surface area contributed by atoms with Gasteiger partial charge in [-0.1, -0.05) is 38.3 Å². The molecule has 1 saturated carbocycles. The van der Waals surface area contributed by atoms with Crippen LogP contribution in [0.5, 0.6) is 5.75 Å². The standard InChI is InChI=1S/C17H24O2/c1-4-14-8-9-16(19-3)15(12-14)17(13(2)18)10-6-5-7-11-17/h8-9,12H,4-7,10-11H2,1-3H3. The molecule has 19 heavy (non-hydrogen) atoms. The van der Waals surface area contributed by atoms with Crippen molar-refractivity contribution in [2.24, 2.45) is 0 Å². The Bertz CT molecular complexity index is 456. The second-order valence-electron chi connectivity index (χ2n) is 5.59. The van der Waals surface area contributed by atoms with E-state index in [1.165, 1.54) is 12.0 Å². The fraction of sp³-hybridized carbons (Fsp3) is 0.588. The lowest BCUT2D eigenvalue weighted by molar-refractivity contribution is -0.123. The number of hydrogen-bond acceptors (Lipinski definition) is 2. The van der Waals surface area contributed by atoms with Crippen molar-refractivity contribution in [1.29, 1.82) is 0 Å². The van der Waals surface area contributed by atoms with Crippen molar-refractivity contribution in [1.82, 2.24) is 0 Å². The highest BCUT2D eigenvalue weighted by Gasteiger charge is 2.40. The highest BCUT2D eigenvalue weighted by molar-refractivity contribution is 5.89. The molecule has 0 saturated heterocycles. The van der Waals surface area contributed by atoms with Crippen molar-refractivity contribution in [2.45, 2.75) is 57.8 Å². The van der Waals surface area contributed by atoms with Gasteiger partial charge in [-0.15, -0.1) is 0 Å². The summed E-state index contributed by atoms with van der Waals surface area (Å²) in [7, 11) is 1.70. The first-order chi connectivity index (χ1) is 9.14. The fourth-order valence-electron chi connectivity index (χ4n) is 3.32. The van der Waals surface area contributed by atoms with Crippen LogP contribution < -0.4 is 4.74 Å². The van der Waals surface area contributed by atoms with Gasteiger partial charge in [0.25, 0.3) is 0 Å². The van der Waals surface area contributed by atoms with Gasteiger partial charge < -0.3 is 4.74 Å². The first-order valence-electron chi connectivity index (χ1n) is 7.32. The molecule has 0 atom stereocenters. The Kier molecular flexibility index (Phi) is 4.28. The van der Waals surface area contributed by atoms with E-state index in [4.69, 9.17) is 4.74 Å². The summed E-state index contributed by atoms with van der Waals surface area (Å²) in [5, 5.41) is 0. The van der Waals surface area contributed by atoms with Crippen LogP contribution >= 0.6 is 0 Å². The second-order valence-corrected chi connectivity index (χ2v) is 5.59. The number of benzene rings is 1. The molecule has 0 unspecified atom stereocenters. The van der Waals surface area contributed by atoms with Crippen LogP contribution in [0.1, 0.15) is 57.1 Å². The maximum atomic E-state index is 12.3. The largest absolute Gasteiger partial charge is 0.496 e. The van der Waals surface area contributed by atoms with Gasteiger partial charge in [0, 0.05) is 5.56 Å². The van der Waals surface area contributed by atoms with Crippen LogP contribution in [0.4, 0.5) is 0 Å². The molecule has 2 heteroatoms. The van der Waals surface area contributed by atoms with Gasteiger partial charge in [-0.3, -0.25) is 4.79 Å². The van der Waals surface area contributed by atoms with Gasteiger partial charge in [0.2, 0.25) is 0 Å². The first-order valence-corrected chi connectivity index (χ1v) is 7.32. The number of methoxy groups -OCH3 is 1. The van der Waals surface area contributed by atoms with Gasteiger partial charge in [-0.05, 0) is 37.8 Å². The molecule has 1 aromatic carbocycles. The SMILES string of the molecule is CCc1ccc(OC)c(C2(C(C)=O)CCCCC2)c1. The van der Waals surface area contributed by atoms with Crippen LogP contribution in [0.3, 0.4) is 0 Å². The summed E-state index contributed by atoms with van der Waals surface area (Å²) >= 11 is 0. The van der Waals surface area contributed by atoms with Gasteiger partial charge >= 0.3 is 0 Å². The fourth-order valence-corrected chi connectivity index (χ4v) is 3.32. The molecule has 2 rings (SSSR count). The van der Waals surface area contributed by atoms with Crippen LogP contribution in [-0.4, -0.2) is 12.9 Å². The van der Waals surface area contributed by atoms with Crippen LogP contribution in [-0.2, 0) is 16.6 Å². The van der Waals surface area contributed by atoms with Crippen LogP contribution in [0.15, 0.2) is 18.2 Å². The first kappa shape index (κ1) is 14.1. The topological polar surface area (TPSA) is 26.3 Å². The zero-order valence-electron chi connectivity index (χ0n) is 12.3. The van der Waals surface area contributed by atoms with Gasteiger partial charge in [-0.2, -0.15) is 0 Å². The molecular weight excluding hydrogens is 236 g/mol. The molecule has 1 aromatic rings. The summed E-state index contributed by atoms with van der Waals surface area (Å²) in [6.07, 6.45) is 6.44. The number of carbonyl (C=O) groups is 1. The molecule has 1 fully saturated rings. The zero-order chi connectivity index (χ0) is 13.9. The quantitative estimate of drug-likeness (QED) is 0.816. The average Bonchev–Trinajstić information content (AvgIpc) is 2.47. The minimum absolute atomic E-state index is 0.291. The van der Waals surface area contributed by atoms with E-state index < -0.39 is 0 Å². The van der Waals surface area contributed by atoms with Gasteiger partial charge in [-0.25, -0.2) is 0 Å². The van der Waals surface area contributed by atoms with E-state index in [0.717, 1.165) is 43.4 Å². The molecule has 0 radical (unpaired) electrons. The van der Waals surface area contributed by atoms with E-state index in [0.29, 0.717) is 5.78 Å². The Labute approximate surface area is 116 Å². The molecular formula is C17H24O2. The van der Waals surface area contributed by atoms with Crippen molar-refractivity contribution in [3.63, 3.8) is 0 Å². The van der Waals surface area contributed by atoms with E-state index in [9.17, 15) is 4.79 Å². The molecule has 0 aliphatic heterocycles. The number of ketones is 1. The van der Waals surface area contributed by atoms with E-state index in [2.05, 4.69) is 19.1 Å². The number of ether oxygens (including phenoxy) is 1. The van der Waals surface area contributed by atoms with Crippen LogP contribution in [0, 0.1) is 0 Å². The summed E-state index contributed by atoms with van der Waals surface area (Å²) in [6, 6.07) is 6.30. The molecule has 0 N–H and O–H groups in total. The predicted molar refractivity (Wildman–Crippen MR) is 77.8 cm³/mol. The molecule has 0 spiro atoms. The van der Waals surface area contributed by atoms with Crippen LogP contribution in [0.25, 0.3) is 0 Å². The number of rotatable bonds is 4. The van der Waals surface area contributed by atoms with Crippen molar-refractivity contribution in [2.75, 3.05) is 7.11 Å². The molecule has 0 heterocycles. The lowest BCUT2D eigenvalue weighted by Gasteiger charge is -2.36. The van der Waals surface area contributed by atoms with Crippen molar-refractivity contribution in [3.8, 4) is 5.75 Å². The Morgan fingerprint density at radius 2 is 1.95 bits per heavy atom. The number of aryl methyl sites for hydroxylation is 1. The van der Waals surface area contributed by atoms with Crippen molar-refractivity contribution < 1.29 is 9.53 Å². The summed E-state index contributed by atoms with van der Waals surface area (Å²) in [4.78, 5) is 12.3. The van der Waals surface area contributed by atoms with E-state index in [1.807, 2.05) is 6.07 Å². The molecule has 0 amide bonds. The highest BCUT2D eigenvalue weighted by atomic mass is 16.5. The highest BCUT2D eigenvalue weighted by Crippen LogP contribution is 2.44. The van der Waals surface area contributed by atoms with Crippen molar-refractivity contribution in [3.05, 3.63) is 29.3 Å². The van der Waals surface area contributed by atoms with E-state index in [1.54, 1.807) is 14.0 Å². The summed E-state index contributed by atoms with van der Waals surface area (Å²) in [5.74, 6) is 1.16. The maximum Gasteiger partial charge on any atom is 0.140 e. The van der Waals surface area contributed by atoms with Gasteiger partial charge in [0.1, 0.15) is 11.5 Å². The molecule has 1 aliphatic carbocycles. The molecule has 0 aromatic heterocycles. The lowest BCUT2D eigenvalue weighted by Crippen LogP contribution is -2.36. The normalized spacial score (nSPS) is 18.1. The third kappa shape index (κ3) is 2.54. The number of hydrogen-bond donors (Lipinski definition) is 0. The Morgan fingerprint density at radius 3 is 2.47 bits per heavy atom. The van der Waals surface area contributed by atoms with Crippen LogP contribution in [0.2, 0.25) is 0 Å². The smallest absolute Gasteiger partial charge is 0.140 e. The third-order valence-electron chi connectivity index (χ3n) is 4.57. The Balaban J connectivity index is 2.54. The van der Waals surface area contributed by atoms with E-state index in [-0.39, 0.29) is 5.41 Å². The minimum Gasteiger partial charge on any atom is -0.496 e. The van der Waals surface area contributed by atoms with Crippen molar-refractivity contribution >= 4 is 5.78 Å². The Hall–Kier alpha value is -1.31. The summed E-state index contributed by atoms with van der Waals surface area (Å²) in [6.45, 7) is 3.89. The number of carbonyl (C=O) groups excluding carboxylic acids is 1.